The zero-order chi connectivity index (χ0) is 13.1. The lowest BCUT2D eigenvalue weighted by Gasteiger charge is -2.24. The van der Waals surface area contributed by atoms with E-state index in [4.69, 9.17) is 9.47 Å². The molecule has 0 bridgehead atoms. The van der Waals surface area contributed by atoms with Crippen molar-refractivity contribution in [1.82, 2.24) is 0 Å². The highest BCUT2D eigenvalue weighted by atomic mass is 16.6. The topological polar surface area (TPSA) is 45.3 Å². The summed E-state index contributed by atoms with van der Waals surface area (Å²) in [7, 11) is 0. The first kappa shape index (κ1) is 12.9. The molecule has 0 aromatic heterocycles. The van der Waals surface area contributed by atoms with E-state index in [2.05, 4.69) is 27.7 Å². The largest absolute Gasteiger partial charge is 0.390 e. The molecule has 0 unspecified atom stereocenters. The predicted octanol–water partition coefficient (Wildman–Crippen LogP) is 2.51. The lowest BCUT2D eigenvalue weighted by molar-refractivity contribution is 0.0788. The molecule has 3 heteroatoms. The third-order valence-corrected chi connectivity index (χ3v) is 5.57. The fourth-order valence-electron chi connectivity index (χ4n) is 3.72. The van der Waals surface area contributed by atoms with Gasteiger partial charge in [0.05, 0.1) is 23.4 Å². The Bertz CT molecular complexity index is 343. The first-order valence-electron chi connectivity index (χ1n) is 7.43. The second-order valence-electron chi connectivity index (χ2n) is 7.11. The third-order valence-electron chi connectivity index (χ3n) is 5.57. The van der Waals surface area contributed by atoms with Gasteiger partial charge in [-0.3, -0.25) is 0 Å². The summed E-state index contributed by atoms with van der Waals surface area (Å²) in [4.78, 5) is 0. The molecule has 2 saturated heterocycles. The van der Waals surface area contributed by atoms with Gasteiger partial charge in [-0.2, -0.15) is 0 Å². The van der Waals surface area contributed by atoms with Crippen LogP contribution in [0.3, 0.4) is 0 Å². The van der Waals surface area contributed by atoms with Gasteiger partial charge in [0.15, 0.2) is 0 Å². The van der Waals surface area contributed by atoms with E-state index >= 15 is 0 Å². The quantitative estimate of drug-likeness (QED) is 0.731. The van der Waals surface area contributed by atoms with Gasteiger partial charge in [-0.15, -0.1) is 0 Å². The van der Waals surface area contributed by atoms with Gasteiger partial charge in [0, 0.05) is 0 Å². The van der Waals surface area contributed by atoms with Gasteiger partial charge in [-0.25, -0.2) is 0 Å². The van der Waals surface area contributed by atoms with Crippen molar-refractivity contribution in [2.45, 2.75) is 82.9 Å². The lowest BCUT2D eigenvalue weighted by Crippen LogP contribution is -2.35. The number of ether oxygens (including phenoxy) is 2. The summed E-state index contributed by atoms with van der Waals surface area (Å²) in [5, 5.41) is 10.4. The minimum atomic E-state index is -0.310. The summed E-state index contributed by atoms with van der Waals surface area (Å²) in [5.41, 5.74) is -0.00900. The van der Waals surface area contributed by atoms with Crippen LogP contribution >= 0.6 is 0 Å². The number of aliphatic hydroxyl groups is 1. The van der Waals surface area contributed by atoms with Crippen molar-refractivity contribution in [1.29, 1.82) is 0 Å². The monoisotopic (exact) mass is 254 g/mol. The molecular weight excluding hydrogens is 228 g/mol. The maximum atomic E-state index is 10.4. The summed E-state index contributed by atoms with van der Waals surface area (Å²) in [6.07, 6.45) is 4.35. The second kappa shape index (κ2) is 3.94. The van der Waals surface area contributed by atoms with E-state index in [9.17, 15) is 5.11 Å². The molecule has 1 saturated carbocycles. The fourth-order valence-corrected chi connectivity index (χ4v) is 3.72. The van der Waals surface area contributed by atoms with Crippen LogP contribution in [0.25, 0.3) is 0 Å². The van der Waals surface area contributed by atoms with E-state index in [0.717, 1.165) is 25.7 Å². The van der Waals surface area contributed by atoms with E-state index in [1.54, 1.807) is 0 Å². The van der Waals surface area contributed by atoms with Crippen LogP contribution in [0, 0.1) is 11.8 Å². The van der Waals surface area contributed by atoms with Crippen LogP contribution in [-0.4, -0.2) is 34.6 Å². The van der Waals surface area contributed by atoms with Crippen molar-refractivity contribution in [3.8, 4) is 0 Å². The minimum absolute atomic E-state index is 0.0476. The van der Waals surface area contributed by atoms with Crippen LogP contribution in [0.2, 0.25) is 0 Å². The van der Waals surface area contributed by atoms with Gasteiger partial charge in [-0.1, -0.05) is 20.8 Å². The molecule has 1 aliphatic carbocycles. The van der Waals surface area contributed by atoms with Gasteiger partial charge in [0.25, 0.3) is 0 Å². The average Bonchev–Trinajstić information content (AvgIpc) is 3.17. The fraction of sp³-hybridized carbons (Fsp3) is 1.00. The summed E-state index contributed by atoms with van der Waals surface area (Å²) in [5.74, 6) is 0.770. The van der Waals surface area contributed by atoms with Crippen LogP contribution < -0.4 is 0 Å². The van der Waals surface area contributed by atoms with E-state index in [1.807, 2.05) is 0 Å². The zero-order valence-corrected chi connectivity index (χ0v) is 12.0. The SMILES string of the molecule is CC(C)[C@]12CC[C@]3(C)O[C@H]3CC[C@H](C)[C@@H](O)[C@@H]1O2. The minimum Gasteiger partial charge on any atom is -0.390 e. The number of rotatable bonds is 1. The maximum absolute atomic E-state index is 10.4. The Kier molecular flexibility index (Phi) is 2.82. The van der Waals surface area contributed by atoms with Crippen molar-refractivity contribution >= 4 is 0 Å². The zero-order valence-electron chi connectivity index (χ0n) is 12.0. The van der Waals surface area contributed by atoms with E-state index in [0.29, 0.717) is 17.9 Å². The molecule has 104 valence electrons. The molecule has 2 heterocycles. The standard InChI is InChI=1S/C15H26O3/c1-9(2)15-8-7-14(4)11(17-14)6-5-10(3)12(16)13(15)18-15/h9-13,16H,5-8H2,1-4H3/t10-,11-,12+,13-,14-,15+/m0/s1. The number of hydrogen-bond donors (Lipinski definition) is 1. The Hall–Kier alpha value is -0.120. The Balaban J connectivity index is 1.79. The Labute approximate surface area is 110 Å². The highest BCUT2D eigenvalue weighted by Crippen LogP contribution is 2.54. The van der Waals surface area contributed by atoms with Gasteiger partial charge in [0.2, 0.25) is 0 Å². The molecular formula is C15H26O3. The van der Waals surface area contributed by atoms with Crippen LogP contribution in [0.1, 0.15) is 53.4 Å². The van der Waals surface area contributed by atoms with E-state index in [-0.39, 0.29) is 23.4 Å². The molecule has 0 radical (unpaired) electrons. The van der Waals surface area contributed by atoms with Gasteiger partial charge >= 0.3 is 0 Å². The lowest BCUT2D eigenvalue weighted by atomic mass is 9.79. The molecule has 3 nitrogen and oxygen atoms in total. The molecule has 0 aromatic rings. The Morgan fingerprint density at radius 1 is 1.17 bits per heavy atom. The predicted molar refractivity (Wildman–Crippen MR) is 69.4 cm³/mol. The first-order valence-corrected chi connectivity index (χ1v) is 7.43. The summed E-state index contributed by atoms with van der Waals surface area (Å²) >= 11 is 0. The first-order chi connectivity index (χ1) is 8.39. The highest BCUT2D eigenvalue weighted by molar-refractivity contribution is 5.12. The van der Waals surface area contributed by atoms with Crippen molar-refractivity contribution < 1.29 is 14.6 Å². The maximum Gasteiger partial charge on any atom is 0.114 e. The molecule has 0 aromatic carbocycles. The van der Waals surface area contributed by atoms with Gasteiger partial charge in [-0.05, 0) is 44.4 Å². The molecule has 3 rings (SSSR count). The third kappa shape index (κ3) is 1.83. The highest BCUT2D eigenvalue weighted by Gasteiger charge is 2.64. The Morgan fingerprint density at radius 2 is 1.89 bits per heavy atom. The van der Waals surface area contributed by atoms with Crippen LogP contribution in [0.15, 0.2) is 0 Å². The molecule has 3 aliphatic rings. The molecule has 2 aliphatic heterocycles. The van der Waals surface area contributed by atoms with E-state index < -0.39 is 0 Å². The van der Waals surface area contributed by atoms with Crippen molar-refractivity contribution in [3.05, 3.63) is 0 Å². The summed E-state index contributed by atoms with van der Waals surface area (Å²) in [6.45, 7) is 8.78. The number of aliphatic hydroxyl groups excluding tert-OH is 1. The summed E-state index contributed by atoms with van der Waals surface area (Å²) in [6, 6.07) is 0. The molecule has 3 fully saturated rings. The van der Waals surface area contributed by atoms with Crippen molar-refractivity contribution in [3.63, 3.8) is 0 Å². The number of fused-ring (bicyclic) bond motifs is 2. The van der Waals surface area contributed by atoms with Gasteiger partial charge < -0.3 is 14.6 Å². The Morgan fingerprint density at radius 3 is 2.56 bits per heavy atom. The van der Waals surface area contributed by atoms with E-state index in [1.165, 1.54) is 0 Å². The second-order valence-corrected chi connectivity index (χ2v) is 7.11. The van der Waals surface area contributed by atoms with Crippen LogP contribution in [-0.2, 0) is 9.47 Å². The smallest absolute Gasteiger partial charge is 0.114 e. The number of hydrogen-bond acceptors (Lipinski definition) is 3. The van der Waals surface area contributed by atoms with Crippen LogP contribution in [0.5, 0.6) is 0 Å². The normalized spacial score (nSPS) is 55.7. The van der Waals surface area contributed by atoms with Crippen LogP contribution in [0.4, 0.5) is 0 Å². The molecule has 6 atom stereocenters. The molecule has 18 heavy (non-hydrogen) atoms. The van der Waals surface area contributed by atoms with Crippen molar-refractivity contribution in [2.75, 3.05) is 0 Å². The number of epoxide rings is 2. The summed E-state index contributed by atoms with van der Waals surface area (Å²) < 4.78 is 11.9. The molecule has 0 amide bonds. The van der Waals surface area contributed by atoms with Crippen molar-refractivity contribution in [2.24, 2.45) is 11.8 Å². The molecule has 0 spiro atoms. The molecule has 1 N–H and O–H groups in total. The average molecular weight is 254 g/mol. The van der Waals surface area contributed by atoms with Gasteiger partial charge in [0.1, 0.15) is 6.10 Å².